The second kappa shape index (κ2) is 14.2. The summed E-state index contributed by atoms with van der Waals surface area (Å²) in [6, 6.07) is 8.69. The third-order valence-electron chi connectivity index (χ3n) is 4.37. The molecule has 0 fully saturated rings. The molecule has 1 unspecified atom stereocenters. The van der Waals surface area contributed by atoms with Gasteiger partial charge in [0.1, 0.15) is 0 Å². The first-order valence-corrected chi connectivity index (χ1v) is 9.55. The number of hydrogen-bond donors (Lipinski definition) is 2. The van der Waals surface area contributed by atoms with Crippen molar-refractivity contribution in [3.63, 3.8) is 0 Å². The van der Waals surface area contributed by atoms with Gasteiger partial charge in [-0.15, -0.1) is 24.0 Å². The van der Waals surface area contributed by atoms with Crippen LogP contribution in [0.4, 0.5) is 0 Å². The highest BCUT2D eigenvalue weighted by molar-refractivity contribution is 14.0. The van der Waals surface area contributed by atoms with Gasteiger partial charge in [-0.1, -0.05) is 24.3 Å². The van der Waals surface area contributed by atoms with E-state index < -0.39 is 0 Å². The molecule has 2 rings (SSSR count). The molecule has 6 heteroatoms. The number of aliphatic imine (C=N–C) groups is 1. The number of ether oxygens (including phenoxy) is 2. The lowest BCUT2D eigenvalue weighted by Gasteiger charge is -2.25. The van der Waals surface area contributed by atoms with Crippen LogP contribution in [0.15, 0.2) is 29.3 Å². The normalized spacial score (nSPS) is 16.5. The largest absolute Gasteiger partial charge is 0.385 e. The van der Waals surface area contributed by atoms with Gasteiger partial charge in [-0.2, -0.15) is 0 Å². The highest BCUT2D eigenvalue weighted by Crippen LogP contribution is 2.32. The van der Waals surface area contributed by atoms with Crippen LogP contribution in [0.1, 0.15) is 49.8 Å². The average molecular weight is 475 g/mol. The van der Waals surface area contributed by atoms with Gasteiger partial charge in [-0.25, -0.2) is 0 Å². The first-order chi connectivity index (χ1) is 12.3. The number of nitrogens with one attached hydrogen (secondary N) is 2. The van der Waals surface area contributed by atoms with E-state index in [4.69, 9.17) is 9.47 Å². The minimum atomic E-state index is 0. The number of halogens is 1. The highest BCUT2D eigenvalue weighted by Gasteiger charge is 2.19. The average Bonchev–Trinajstić information content (AvgIpc) is 2.65. The summed E-state index contributed by atoms with van der Waals surface area (Å²) < 4.78 is 11.2. The lowest BCUT2D eigenvalue weighted by molar-refractivity contribution is 0.0398. The molecule has 1 aromatic rings. The van der Waals surface area contributed by atoms with Gasteiger partial charge in [0.05, 0.1) is 6.10 Å². The summed E-state index contributed by atoms with van der Waals surface area (Å²) in [6.45, 7) is 6.11. The standard InChI is InChI=1S/C20H33N3O2.HI/c1-3-21-20(22-13-7-15-24-2)23-14-8-16-25-19-12-6-10-17-9-4-5-11-18(17)19;/h4-5,9,11,19H,3,6-8,10,12-16H2,1-2H3,(H2,21,22,23);1H. The van der Waals surface area contributed by atoms with Crippen molar-refractivity contribution in [2.75, 3.05) is 40.0 Å². The summed E-state index contributed by atoms with van der Waals surface area (Å²) >= 11 is 0. The van der Waals surface area contributed by atoms with Crippen molar-refractivity contribution < 1.29 is 9.47 Å². The molecule has 0 heterocycles. The van der Waals surface area contributed by atoms with E-state index in [2.05, 4.69) is 46.8 Å². The number of aryl methyl sites for hydroxylation is 1. The zero-order valence-corrected chi connectivity index (χ0v) is 18.5. The maximum absolute atomic E-state index is 6.15. The number of benzene rings is 1. The third-order valence-corrected chi connectivity index (χ3v) is 4.37. The van der Waals surface area contributed by atoms with Gasteiger partial charge in [0.15, 0.2) is 5.96 Å². The fourth-order valence-corrected chi connectivity index (χ4v) is 3.13. The van der Waals surface area contributed by atoms with Gasteiger partial charge in [-0.05, 0) is 50.2 Å². The van der Waals surface area contributed by atoms with Crippen molar-refractivity contribution in [2.24, 2.45) is 4.99 Å². The Hall–Kier alpha value is -0.860. The van der Waals surface area contributed by atoms with Crippen molar-refractivity contribution in [3.05, 3.63) is 35.4 Å². The Balaban J connectivity index is 0.00000338. The van der Waals surface area contributed by atoms with Crippen molar-refractivity contribution >= 4 is 29.9 Å². The predicted molar refractivity (Wildman–Crippen MR) is 119 cm³/mol. The molecule has 1 atom stereocenters. The molecule has 0 saturated carbocycles. The summed E-state index contributed by atoms with van der Waals surface area (Å²) in [5.74, 6) is 0.876. The van der Waals surface area contributed by atoms with Gasteiger partial charge in [0.25, 0.3) is 0 Å². The van der Waals surface area contributed by atoms with Crippen LogP contribution in [0.5, 0.6) is 0 Å². The zero-order valence-electron chi connectivity index (χ0n) is 16.1. The Morgan fingerprint density at radius 3 is 2.85 bits per heavy atom. The van der Waals surface area contributed by atoms with Crippen molar-refractivity contribution in [1.82, 2.24) is 10.6 Å². The monoisotopic (exact) mass is 475 g/mol. The molecule has 26 heavy (non-hydrogen) atoms. The molecular formula is C20H34IN3O2. The second-order valence-electron chi connectivity index (χ2n) is 6.34. The molecule has 2 N–H and O–H groups in total. The molecule has 0 spiro atoms. The van der Waals surface area contributed by atoms with E-state index in [-0.39, 0.29) is 30.1 Å². The SMILES string of the molecule is CCNC(=NCCCOC)NCCCOC1CCCc2ccccc21.I. The maximum atomic E-state index is 6.15. The van der Waals surface area contributed by atoms with Gasteiger partial charge < -0.3 is 20.1 Å². The lowest BCUT2D eigenvalue weighted by Crippen LogP contribution is -2.38. The molecule has 0 aliphatic heterocycles. The first kappa shape index (κ1) is 23.2. The molecule has 0 aromatic heterocycles. The second-order valence-corrected chi connectivity index (χ2v) is 6.34. The Kier molecular flexibility index (Phi) is 12.7. The van der Waals surface area contributed by atoms with Crippen LogP contribution >= 0.6 is 24.0 Å². The summed E-state index contributed by atoms with van der Waals surface area (Å²) in [4.78, 5) is 4.54. The Morgan fingerprint density at radius 2 is 2.04 bits per heavy atom. The van der Waals surface area contributed by atoms with E-state index in [0.29, 0.717) is 0 Å². The topological polar surface area (TPSA) is 54.9 Å². The highest BCUT2D eigenvalue weighted by atomic mass is 127. The molecule has 1 aliphatic carbocycles. The lowest BCUT2D eigenvalue weighted by atomic mass is 9.89. The van der Waals surface area contributed by atoms with E-state index in [9.17, 15) is 0 Å². The summed E-state index contributed by atoms with van der Waals surface area (Å²) in [5, 5.41) is 6.64. The van der Waals surface area contributed by atoms with Gasteiger partial charge in [-0.3, -0.25) is 4.99 Å². The molecular weight excluding hydrogens is 441 g/mol. The summed E-state index contributed by atoms with van der Waals surface area (Å²) in [5.41, 5.74) is 2.84. The predicted octanol–water partition coefficient (Wildman–Crippen LogP) is 3.68. The number of methoxy groups -OCH3 is 1. The van der Waals surface area contributed by atoms with Gasteiger partial charge in [0, 0.05) is 40.0 Å². The minimum Gasteiger partial charge on any atom is -0.385 e. The van der Waals surface area contributed by atoms with E-state index in [1.165, 1.54) is 24.0 Å². The van der Waals surface area contributed by atoms with Crippen molar-refractivity contribution in [2.45, 2.75) is 45.1 Å². The Morgan fingerprint density at radius 1 is 1.19 bits per heavy atom. The molecule has 5 nitrogen and oxygen atoms in total. The van der Waals surface area contributed by atoms with Crippen LogP contribution in [0.25, 0.3) is 0 Å². The van der Waals surface area contributed by atoms with Crippen LogP contribution in [-0.2, 0) is 15.9 Å². The molecule has 148 valence electrons. The Labute approximate surface area is 175 Å². The first-order valence-electron chi connectivity index (χ1n) is 9.55. The number of rotatable bonds is 10. The van der Waals surface area contributed by atoms with Crippen LogP contribution in [0.2, 0.25) is 0 Å². The summed E-state index contributed by atoms with van der Waals surface area (Å²) in [6.07, 6.45) is 5.72. The quantitative estimate of drug-likeness (QED) is 0.235. The number of nitrogens with zero attached hydrogens (tertiary/aromatic N) is 1. The van der Waals surface area contributed by atoms with Crippen molar-refractivity contribution in [3.8, 4) is 0 Å². The van der Waals surface area contributed by atoms with E-state index in [1.54, 1.807) is 7.11 Å². The van der Waals surface area contributed by atoms with E-state index in [0.717, 1.165) is 58.1 Å². The van der Waals surface area contributed by atoms with Crippen LogP contribution in [-0.4, -0.2) is 45.9 Å². The van der Waals surface area contributed by atoms with Gasteiger partial charge >= 0.3 is 0 Å². The molecule has 0 bridgehead atoms. The molecule has 1 aromatic carbocycles. The summed E-state index contributed by atoms with van der Waals surface area (Å²) in [7, 11) is 1.72. The van der Waals surface area contributed by atoms with Crippen molar-refractivity contribution in [1.29, 1.82) is 0 Å². The number of hydrogen-bond acceptors (Lipinski definition) is 3. The van der Waals surface area contributed by atoms with Gasteiger partial charge in [0.2, 0.25) is 0 Å². The molecule has 1 aliphatic rings. The van der Waals surface area contributed by atoms with Crippen LogP contribution in [0.3, 0.4) is 0 Å². The third kappa shape index (κ3) is 8.22. The maximum Gasteiger partial charge on any atom is 0.191 e. The zero-order chi connectivity index (χ0) is 17.7. The fourth-order valence-electron chi connectivity index (χ4n) is 3.13. The van der Waals surface area contributed by atoms with E-state index in [1.807, 2.05) is 0 Å². The van der Waals surface area contributed by atoms with Crippen LogP contribution in [0, 0.1) is 0 Å². The smallest absolute Gasteiger partial charge is 0.191 e. The fraction of sp³-hybridized carbons (Fsp3) is 0.650. The molecule has 0 saturated heterocycles. The number of fused-ring (bicyclic) bond motifs is 1. The Bertz CT molecular complexity index is 526. The van der Waals surface area contributed by atoms with Crippen LogP contribution < -0.4 is 10.6 Å². The molecule has 0 radical (unpaired) electrons. The minimum absolute atomic E-state index is 0. The number of guanidine groups is 1. The van der Waals surface area contributed by atoms with E-state index >= 15 is 0 Å². The molecule has 0 amide bonds.